The van der Waals surface area contributed by atoms with Crippen molar-refractivity contribution in [3.8, 4) is 17.2 Å². The summed E-state index contributed by atoms with van der Waals surface area (Å²) in [5.74, 6) is 3.05. The van der Waals surface area contributed by atoms with Crippen LogP contribution >= 0.6 is 0 Å². The van der Waals surface area contributed by atoms with Crippen molar-refractivity contribution in [2.75, 3.05) is 27.9 Å². The predicted octanol–water partition coefficient (Wildman–Crippen LogP) is 3.59. The molecule has 2 aromatic rings. The molecule has 1 aromatic carbocycles. The van der Waals surface area contributed by atoms with Crippen LogP contribution in [0.3, 0.4) is 0 Å². The quantitative estimate of drug-likeness (QED) is 0.829. The van der Waals surface area contributed by atoms with Crippen molar-refractivity contribution in [2.45, 2.75) is 25.8 Å². The van der Waals surface area contributed by atoms with Gasteiger partial charge in [-0.1, -0.05) is 0 Å². The van der Waals surface area contributed by atoms with E-state index in [0.717, 1.165) is 24.4 Å². The van der Waals surface area contributed by atoms with Crippen LogP contribution < -0.4 is 14.2 Å². The van der Waals surface area contributed by atoms with E-state index in [9.17, 15) is 4.79 Å². The number of likely N-dealkylation sites (tertiary alicyclic amines) is 1. The molecule has 0 radical (unpaired) electrons. The molecule has 6 heteroatoms. The van der Waals surface area contributed by atoms with Crippen LogP contribution in [0.5, 0.6) is 17.2 Å². The summed E-state index contributed by atoms with van der Waals surface area (Å²) in [7, 11) is 4.63. The van der Waals surface area contributed by atoms with Crippen LogP contribution in [0.15, 0.2) is 28.7 Å². The normalized spacial score (nSPS) is 16.8. The molecule has 1 aromatic heterocycles. The zero-order valence-corrected chi connectivity index (χ0v) is 15.0. The number of rotatable bonds is 5. The maximum Gasteiger partial charge on any atom is 0.258 e. The van der Waals surface area contributed by atoms with Gasteiger partial charge >= 0.3 is 0 Å². The van der Waals surface area contributed by atoms with E-state index in [0.29, 0.717) is 29.4 Å². The SMILES string of the molecule is COc1cc(OC)c(C(=O)N2CCC[C@@H]2c2ccc(C)o2)cc1OC. The molecule has 1 aliphatic heterocycles. The topological polar surface area (TPSA) is 61.1 Å². The Morgan fingerprint density at radius 1 is 1.08 bits per heavy atom. The standard InChI is InChI=1S/C19H23NO5/c1-12-7-8-15(25-12)14-6-5-9-20(14)19(21)13-10-17(23-3)18(24-4)11-16(13)22-2/h7-8,10-11,14H,5-6,9H2,1-4H3/t14-/m1/s1. The van der Waals surface area contributed by atoms with Crippen LogP contribution in [0.25, 0.3) is 0 Å². The first-order chi connectivity index (χ1) is 12.1. The fourth-order valence-electron chi connectivity index (χ4n) is 3.29. The molecule has 1 fully saturated rings. The maximum atomic E-state index is 13.2. The highest BCUT2D eigenvalue weighted by molar-refractivity contribution is 5.98. The number of nitrogens with zero attached hydrogens (tertiary/aromatic N) is 1. The molecule has 0 aliphatic carbocycles. The number of furan rings is 1. The third-order valence-corrected chi connectivity index (χ3v) is 4.54. The molecule has 25 heavy (non-hydrogen) atoms. The maximum absolute atomic E-state index is 13.2. The zero-order valence-electron chi connectivity index (χ0n) is 15.0. The molecule has 2 heterocycles. The van der Waals surface area contributed by atoms with Gasteiger partial charge in [0.05, 0.1) is 32.9 Å². The summed E-state index contributed by atoms with van der Waals surface area (Å²) in [6.45, 7) is 2.59. The summed E-state index contributed by atoms with van der Waals surface area (Å²) in [4.78, 5) is 15.0. The average molecular weight is 345 g/mol. The first-order valence-electron chi connectivity index (χ1n) is 8.26. The van der Waals surface area contributed by atoms with Crippen molar-refractivity contribution in [1.82, 2.24) is 4.90 Å². The van der Waals surface area contributed by atoms with Crippen molar-refractivity contribution in [3.63, 3.8) is 0 Å². The molecule has 3 rings (SSSR count). The van der Waals surface area contributed by atoms with E-state index in [1.165, 1.54) is 7.11 Å². The number of carbonyl (C=O) groups excluding carboxylic acids is 1. The molecule has 0 unspecified atom stereocenters. The minimum atomic E-state index is -0.102. The van der Waals surface area contributed by atoms with Gasteiger partial charge in [0.25, 0.3) is 5.91 Å². The molecule has 6 nitrogen and oxygen atoms in total. The van der Waals surface area contributed by atoms with Crippen molar-refractivity contribution in [3.05, 3.63) is 41.3 Å². The second-order valence-corrected chi connectivity index (χ2v) is 6.01. The third-order valence-electron chi connectivity index (χ3n) is 4.54. The highest BCUT2D eigenvalue weighted by Gasteiger charge is 2.34. The molecule has 1 aliphatic rings. The molecule has 0 saturated carbocycles. The molecule has 1 saturated heterocycles. The Morgan fingerprint density at radius 3 is 2.36 bits per heavy atom. The molecule has 134 valence electrons. The van der Waals surface area contributed by atoms with Gasteiger partial charge in [-0.2, -0.15) is 0 Å². The summed E-state index contributed by atoms with van der Waals surface area (Å²) in [5, 5.41) is 0. The van der Waals surface area contributed by atoms with Gasteiger partial charge in [-0.3, -0.25) is 4.79 Å². The molecular formula is C19H23NO5. The molecule has 0 N–H and O–H groups in total. The molecular weight excluding hydrogens is 322 g/mol. The van der Waals surface area contributed by atoms with Gasteiger partial charge in [0.1, 0.15) is 17.3 Å². The minimum absolute atomic E-state index is 0.0565. The van der Waals surface area contributed by atoms with Crippen molar-refractivity contribution in [2.24, 2.45) is 0 Å². The van der Waals surface area contributed by atoms with Gasteiger partial charge < -0.3 is 23.5 Å². The Hall–Kier alpha value is -2.63. The van der Waals surface area contributed by atoms with Gasteiger partial charge in [-0.15, -0.1) is 0 Å². The predicted molar refractivity (Wildman–Crippen MR) is 92.6 cm³/mol. The monoisotopic (exact) mass is 345 g/mol. The van der Waals surface area contributed by atoms with E-state index >= 15 is 0 Å². The number of hydrogen-bond donors (Lipinski definition) is 0. The lowest BCUT2D eigenvalue weighted by Crippen LogP contribution is -2.30. The van der Waals surface area contributed by atoms with Crippen LogP contribution in [0, 0.1) is 6.92 Å². The summed E-state index contributed by atoms with van der Waals surface area (Å²) in [6, 6.07) is 7.15. The van der Waals surface area contributed by atoms with Gasteiger partial charge in [0.2, 0.25) is 0 Å². The molecule has 0 spiro atoms. The van der Waals surface area contributed by atoms with Crippen LogP contribution in [-0.4, -0.2) is 38.7 Å². The van der Waals surface area contributed by atoms with Gasteiger partial charge in [0, 0.05) is 18.7 Å². The van der Waals surface area contributed by atoms with E-state index in [1.807, 2.05) is 24.0 Å². The van der Waals surface area contributed by atoms with Gasteiger partial charge in [-0.25, -0.2) is 0 Å². The highest BCUT2D eigenvalue weighted by Crippen LogP contribution is 2.39. The number of carbonyl (C=O) groups is 1. The highest BCUT2D eigenvalue weighted by atomic mass is 16.5. The summed E-state index contributed by atoms with van der Waals surface area (Å²) < 4.78 is 21.8. The number of hydrogen-bond acceptors (Lipinski definition) is 5. The fourth-order valence-corrected chi connectivity index (χ4v) is 3.29. The zero-order chi connectivity index (χ0) is 18.0. The second-order valence-electron chi connectivity index (χ2n) is 6.01. The van der Waals surface area contributed by atoms with Gasteiger partial charge in [-0.05, 0) is 31.9 Å². The smallest absolute Gasteiger partial charge is 0.258 e. The van der Waals surface area contributed by atoms with E-state index in [4.69, 9.17) is 18.6 Å². The summed E-state index contributed by atoms with van der Waals surface area (Å²) in [5.41, 5.74) is 0.454. The Balaban J connectivity index is 1.96. The lowest BCUT2D eigenvalue weighted by Gasteiger charge is -2.24. The Labute approximate surface area is 147 Å². The number of aryl methyl sites for hydroxylation is 1. The van der Waals surface area contributed by atoms with Crippen LogP contribution in [-0.2, 0) is 0 Å². The Morgan fingerprint density at radius 2 is 1.76 bits per heavy atom. The third kappa shape index (κ3) is 3.16. The average Bonchev–Trinajstić information content (AvgIpc) is 3.28. The Bertz CT molecular complexity index is 767. The van der Waals surface area contributed by atoms with E-state index in [2.05, 4.69) is 0 Å². The van der Waals surface area contributed by atoms with E-state index < -0.39 is 0 Å². The lowest BCUT2D eigenvalue weighted by atomic mass is 10.1. The van der Waals surface area contributed by atoms with Crippen molar-refractivity contribution < 1.29 is 23.4 Å². The van der Waals surface area contributed by atoms with Gasteiger partial charge in [0.15, 0.2) is 11.5 Å². The van der Waals surface area contributed by atoms with Crippen LogP contribution in [0.2, 0.25) is 0 Å². The number of amides is 1. The van der Waals surface area contributed by atoms with Crippen LogP contribution in [0.4, 0.5) is 0 Å². The number of ether oxygens (including phenoxy) is 3. The number of benzene rings is 1. The first kappa shape index (κ1) is 17.2. The first-order valence-corrected chi connectivity index (χ1v) is 8.26. The number of methoxy groups -OCH3 is 3. The van der Waals surface area contributed by atoms with Crippen molar-refractivity contribution >= 4 is 5.91 Å². The molecule has 1 atom stereocenters. The lowest BCUT2D eigenvalue weighted by molar-refractivity contribution is 0.0715. The summed E-state index contributed by atoms with van der Waals surface area (Å²) in [6.07, 6.45) is 1.82. The Kier molecular flexibility index (Phi) is 4.88. The fraction of sp³-hybridized carbons (Fsp3) is 0.421. The second kappa shape index (κ2) is 7.09. The van der Waals surface area contributed by atoms with E-state index in [-0.39, 0.29) is 11.9 Å². The summed E-state index contributed by atoms with van der Waals surface area (Å²) >= 11 is 0. The van der Waals surface area contributed by atoms with Crippen molar-refractivity contribution in [1.29, 1.82) is 0 Å². The minimum Gasteiger partial charge on any atom is -0.496 e. The van der Waals surface area contributed by atoms with Crippen LogP contribution in [0.1, 0.15) is 40.8 Å². The van der Waals surface area contributed by atoms with E-state index in [1.54, 1.807) is 26.4 Å². The largest absolute Gasteiger partial charge is 0.496 e. The molecule has 1 amide bonds. The molecule has 0 bridgehead atoms.